The Balaban J connectivity index is 2.17. The third-order valence-electron chi connectivity index (χ3n) is 3.03. The molecule has 1 amide bonds. The molecule has 0 aliphatic carbocycles. The molecule has 1 saturated heterocycles. The van der Waals surface area contributed by atoms with Crippen LogP contribution in [0, 0.1) is 10.1 Å². The zero-order valence-corrected chi connectivity index (χ0v) is 10.5. The average Bonchev–Trinajstić information content (AvgIpc) is 2.90. The minimum Gasteiger partial charge on any atom is -0.490 e. The predicted molar refractivity (Wildman–Crippen MR) is 68.4 cm³/mol. The number of methoxy groups -OCH3 is 1. The standard InChI is InChI=1S/C12H15N3O4/c1-19-11-3-2-8(6-10(11)15(17)18)12(16)14-9-4-5-13-7-9/h2-3,6,9,13H,4-5,7H2,1H3,(H,14,16). The molecule has 1 fully saturated rings. The van der Waals surface area contributed by atoms with Gasteiger partial charge in [0.05, 0.1) is 12.0 Å². The van der Waals surface area contributed by atoms with Gasteiger partial charge in [0.1, 0.15) is 0 Å². The number of amides is 1. The molecule has 19 heavy (non-hydrogen) atoms. The number of hydrogen-bond acceptors (Lipinski definition) is 5. The monoisotopic (exact) mass is 265 g/mol. The second kappa shape index (κ2) is 5.66. The molecule has 2 N–H and O–H groups in total. The molecular formula is C12H15N3O4. The number of hydrogen-bond donors (Lipinski definition) is 2. The second-order valence-electron chi connectivity index (χ2n) is 4.31. The summed E-state index contributed by atoms with van der Waals surface area (Å²) in [4.78, 5) is 22.3. The van der Waals surface area contributed by atoms with Gasteiger partial charge in [0.25, 0.3) is 5.91 Å². The van der Waals surface area contributed by atoms with Crippen molar-refractivity contribution in [3.05, 3.63) is 33.9 Å². The van der Waals surface area contributed by atoms with Gasteiger partial charge in [-0.25, -0.2) is 0 Å². The SMILES string of the molecule is COc1ccc(C(=O)NC2CCNC2)cc1[N+](=O)[O-]. The van der Waals surface area contributed by atoms with Gasteiger partial charge in [0, 0.05) is 24.2 Å². The molecule has 1 heterocycles. The van der Waals surface area contributed by atoms with Crippen LogP contribution in [0.5, 0.6) is 5.75 Å². The average molecular weight is 265 g/mol. The highest BCUT2D eigenvalue weighted by molar-refractivity contribution is 5.95. The van der Waals surface area contributed by atoms with E-state index in [9.17, 15) is 14.9 Å². The van der Waals surface area contributed by atoms with Crippen LogP contribution in [-0.4, -0.2) is 37.1 Å². The summed E-state index contributed by atoms with van der Waals surface area (Å²) < 4.78 is 4.89. The number of nitro groups is 1. The third-order valence-corrected chi connectivity index (χ3v) is 3.03. The first-order chi connectivity index (χ1) is 9.11. The van der Waals surface area contributed by atoms with Crippen LogP contribution < -0.4 is 15.4 Å². The molecule has 2 rings (SSSR count). The number of rotatable bonds is 4. The number of ether oxygens (including phenoxy) is 1. The van der Waals surface area contributed by atoms with E-state index in [0.29, 0.717) is 0 Å². The van der Waals surface area contributed by atoms with Crippen LogP contribution in [0.4, 0.5) is 5.69 Å². The maximum atomic E-state index is 12.0. The van der Waals surface area contributed by atoms with Crippen LogP contribution in [0.2, 0.25) is 0 Å². The topological polar surface area (TPSA) is 93.5 Å². The quantitative estimate of drug-likeness (QED) is 0.617. The fraction of sp³-hybridized carbons (Fsp3) is 0.417. The van der Waals surface area contributed by atoms with Gasteiger partial charge in [-0.1, -0.05) is 0 Å². The first-order valence-electron chi connectivity index (χ1n) is 5.96. The van der Waals surface area contributed by atoms with Crippen LogP contribution >= 0.6 is 0 Å². The van der Waals surface area contributed by atoms with Crippen LogP contribution in [0.15, 0.2) is 18.2 Å². The molecule has 0 saturated carbocycles. The van der Waals surface area contributed by atoms with Gasteiger partial charge in [-0.15, -0.1) is 0 Å². The van der Waals surface area contributed by atoms with E-state index in [4.69, 9.17) is 4.74 Å². The summed E-state index contributed by atoms with van der Waals surface area (Å²) in [6, 6.07) is 4.26. The molecule has 0 radical (unpaired) electrons. The van der Waals surface area contributed by atoms with Gasteiger partial charge >= 0.3 is 5.69 Å². The number of nitro benzene ring substituents is 1. The Morgan fingerprint density at radius 3 is 2.95 bits per heavy atom. The van der Waals surface area contributed by atoms with E-state index in [1.165, 1.54) is 25.3 Å². The number of nitrogens with zero attached hydrogens (tertiary/aromatic N) is 1. The molecule has 1 aliphatic heterocycles. The molecular weight excluding hydrogens is 250 g/mol. The summed E-state index contributed by atoms with van der Waals surface area (Å²) >= 11 is 0. The molecule has 7 heteroatoms. The lowest BCUT2D eigenvalue weighted by molar-refractivity contribution is -0.385. The van der Waals surface area contributed by atoms with Crippen LogP contribution in [0.1, 0.15) is 16.8 Å². The number of carbonyl (C=O) groups excluding carboxylic acids is 1. The normalized spacial score (nSPS) is 18.1. The Morgan fingerprint density at radius 2 is 2.37 bits per heavy atom. The van der Waals surface area contributed by atoms with Crippen molar-refractivity contribution >= 4 is 11.6 Å². The van der Waals surface area contributed by atoms with Crippen LogP contribution in [-0.2, 0) is 0 Å². The highest BCUT2D eigenvalue weighted by Gasteiger charge is 2.21. The van der Waals surface area contributed by atoms with Gasteiger partial charge in [-0.3, -0.25) is 14.9 Å². The van der Waals surface area contributed by atoms with Gasteiger partial charge in [0.2, 0.25) is 0 Å². The van der Waals surface area contributed by atoms with Crippen LogP contribution in [0.25, 0.3) is 0 Å². The van der Waals surface area contributed by atoms with Crippen molar-refractivity contribution in [3.63, 3.8) is 0 Å². The summed E-state index contributed by atoms with van der Waals surface area (Å²) in [5, 5.41) is 16.9. The van der Waals surface area contributed by atoms with Crippen molar-refractivity contribution in [3.8, 4) is 5.75 Å². The van der Waals surface area contributed by atoms with E-state index in [0.717, 1.165) is 19.5 Å². The van der Waals surface area contributed by atoms with Crippen molar-refractivity contribution in [1.82, 2.24) is 10.6 Å². The minimum absolute atomic E-state index is 0.0775. The first kappa shape index (κ1) is 13.3. The van der Waals surface area contributed by atoms with Crippen molar-refractivity contribution in [2.45, 2.75) is 12.5 Å². The van der Waals surface area contributed by atoms with E-state index < -0.39 is 4.92 Å². The van der Waals surface area contributed by atoms with Crippen molar-refractivity contribution in [1.29, 1.82) is 0 Å². The minimum atomic E-state index is -0.563. The lowest BCUT2D eigenvalue weighted by Crippen LogP contribution is -2.36. The van der Waals surface area contributed by atoms with Gasteiger partial charge < -0.3 is 15.4 Å². The fourth-order valence-corrected chi connectivity index (χ4v) is 2.02. The first-order valence-corrected chi connectivity index (χ1v) is 5.96. The van der Waals surface area contributed by atoms with Crippen molar-refractivity contribution < 1.29 is 14.5 Å². The summed E-state index contributed by atoms with van der Waals surface area (Å²) in [7, 11) is 1.35. The van der Waals surface area contributed by atoms with Crippen molar-refractivity contribution in [2.24, 2.45) is 0 Å². The zero-order valence-electron chi connectivity index (χ0n) is 10.5. The smallest absolute Gasteiger partial charge is 0.311 e. The van der Waals surface area contributed by atoms with Gasteiger partial charge in [0.15, 0.2) is 5.75 Å². The number of benzene rings is 1. The largest absolute Gasteiger partial charge is 0.490 e. The van der Waals surface area contributed by atoms with E-state index in [1.807, 2.05) is 0 Å². The summed E-state index contributed by atoms with van der Waals surface area (Å²) in [5.74, 6) is -0.163. The third kappa shape index (κ3) is 3.00. The Morgan fingerprint density at radius 1 is 1.58 bits per heavy atom. The molecule has 0 spiro atoms. The molecule has 1 unspecified atom stereocenters. The molecule has 1 aliphatic rings. The maximum absolute atomic E-state index is 12.0. The highest BCUT2D eigenvalue weighted by Crippen LogP contribution is 2.27. The molecule has 102 valence electrons. The molecule has 1 atom stereocenters. The number of nitrogens with one attached hydrogen (secondary N) is 2. The zero-order chi connectivity index (χ0) is 13.8. The van der Waals surface area contributed by atoms with Crippen LogP contribution in [0.3, 0.4) is 0 Å². The molecule has 0 aromatic heterocycles. The van der Waals surface area contributed by atoms with E-state index >= 15 is 0 Å². The Hall–Kier alpha value is -2.15. The highest BCUT2D eigenvalue weighted by atomic mass is 16.6. The molecule has 0 bridgehead atoms. The predicted octanol–water partition coefficient (Wildman–Crippen LogP) is 0.695. The van der Waals surface area contributed by atoms with Crippen molar-refractivity contribution in [2.75, 3.05) is 20.2 Å². The maximum Gasteiger partial charge on any atom is 0.311 e. The van der Waals surface area contributed by atoms with Gasteiger partial charge in [-0.05, 0) is 25.1 Å². The van der Waals surface area contributed by atoms with Gasteiger partial charge in [-0.2, -0.15) is 0 Å². The lowest BCUT2D eigenvalue weighted by atomic mass is 10.1. The lowest BCUT2D eigenvalue weighted by Gasteiger charge is -2.11. The number of carbonyl (C=O) groups is 1. The summed E-state index contributed by atoms with van der Waals surface area (Å²) in [6.07, 6.45) is 0.865. The summed E-state index contributed by atoms with van der Waals surface area (Å²) in [5.41, 5.74) is 0.0547. The fourth-order valence-electron chi connectivity index (χ4n) is 2.02. The Kier molecular flexibility index (Phi) is 3.96. The van der Waals surface area contributed by atoms with E-state index in [2.05, 4.69) is 10.6 Å². The Bertz CT molecular complexity index is 498. The molecule has 1 aromatic rings. The molecule has 7 nitrogen and oxygen atoms in total. The van der Waals surface area contributed by atoms with E-state index in [1.54, 1.807) is 0 Å². The van der Waals surface area contributed by atoms with E-state index in [-0.39, 0.29) is 28.9 Å². The second-order valence-corrected chi connectivity index (χ2v) is 4.31. The molecule has 1 aromatic carbocycles. The summed E-state index contributed by atoms with van der Waals surface area (Å²) in [6.45, 7) is 1.59. The Labute approximate surface area is 110 Å².